The Hall–Kier alpha value is -1.85. The predicted octanol–water partition coefficient (Wildman–Crippen LogP) is 3.72. The second-order valence-corrected chi connectivity index (χ2v) is 8.87. The molecule has 3 rings (SSSR count). The van der Waals surface area contributed by atoms with Crippen LogP contribution < -0.4 is 4.90 Å². The number of hydrogen-bond acceptors (Lipinski definition) is 3. The van der Waals surface area contributed by atoms with Crippen LogP contribution in [0, 0.1) is 13.8 Å². The minimum absolute atomic E-state index is 0.358. The summed E-state index contributed by atoms with van der Waals surface area (Å²) in [6.45, 7) is 6.40. The summed E-state index contributed by atoms with van der Waals surface area (Å²) in [5.41, 5.74) is 4.30. The second kappa shape index (κ2) is 7.18. The Morgan fingerprint density at radius 3 is 2.36 bits per heavy atom. The number of aryl methyl sites for hydroxylation is 2. The zero-order valence-corrected chi connectivity index (χ0v) is 16.0. The summed E-state index contributed by atoms with van der Waals surface area (Å²) < 4.78 is 27.3. The molecule has 2 aromatic rings. The van der Waals surface area contributed by atoms with Gasteiger partial charge in [0.1, 0.15) is 0 Å². The number of hydrogen-bond donors (Lipinski definition) is 0. The molecule has 134 valence electrons. The van der Waals surface area contributed by atoms with Gasteiger partial charge in [0.25, 0.3) is 0 Å². The lowest BCUT2D eigenvalue weighted by Crippen LogP contribution is -2.28. The molecule has 0 aliphatic carbocycles. The van der Waals surface area contributed by atoms with E-state index in [0.717, 1.165) is 35.5 Å². The fourth-order valence-electron chi connectivity index (χ4n) is 3.29. The molecule has 4 nitrogen and oxygen atoms in total. The quantitative estimate of drug-likeness (QED) is 0.818. The van der Waals surface area contributed by atoms with E-state index >= 15 is 0 Å². The Labute approximate surface area is 151 Å². The molecule has 0 atom stereocenters. The molecule has 0 aromatic heterocycles. The Bertz CT molecular complexity index is 856. The van der Waals surface area contributed by atoms with E-state index in [0.29, 0.717) is 11.4 Å². The molecule has 0 amide bonds. The highest BCUT2D eigenvalue weighted by molar-refractivity contribution is 7.89. The molecule has 2 aromatic carbocycles. The number of para-hydroxylation sites is 1. The molecule has 0 bridgehead atoms. The van der Waals surface area contributed by atoms with Crippen molar-refractivity contribution in [3.63, 3.8) is 0 Å². The molecule has 0 spiro atoms. The van der Waals surface area contributed by atoms with Crippen LogP contribution in [0.5, 0.6) is 0 Å². The molecule has 1 saturated heterocycles. The van der Waals surface area contributed by atoms with Gasteiger partial charge in [-0.3, -0.25) is 0 Å². The summed E-state index contributed by atoms with van der Waals surface area (Å²) in [6, 6.07) is 13.4. The standard InChI is InChI=1S/C20H26N2O2S/c1-16-10-11-19(14-17(16)2)25(23,24)21(3)15-18-8-4-5-9-20(18)22-12-6-7-13-22/h4-5,8-11,14H,6-7,12-13,15H2,1-3H3. The first-order valence-corrected chi connectivity index (χ1v) is 10.2. The van der Waals surface area contributed by atoms with Gasteiger partial charge < -0.3 is 4.90 Å². The topological polar surface area (TPSA) is 40.6 Å². The van der Waals surface area contributed by atoms with Crippen molar-refractivity contribution >= 4 is 15.7 Å². The minimum atomic E-state index is -3.50. The van der Waals surface area contributed by atoms with E-state index in [1.807, 2.05) is 38.1 Å². The summed E-state index contributed by atoms with van der Waals surface area (Å²) >= 11 is 0. The highest BCUT2D eigenvalue weighted by atomic mass is 32.2. The molecule has 1 aliphatic heterocycles. The van der Waals surface area contributed by atoms with Gasteiger partial charge in [-0.2, -0.15) is 4.31 Å². The maximum absolute atomic E-state index is 12.9. The van der Waals surface area contributed by atoms with Crippen molar-refractivity contribution in [3.8, 4) is 0 Å². The van der Waals surface area contributed by atoms with Crippen LogP contribution in [-0.4, -0.2) is 32.9 Å². The molecule has 1 fully saturated rings. The highest BCUT2D eigenvalue weighted by Crippen LogP contribution is 2.27. The van der Waals surface area contributed by atoms with Crippen LogP contribution in [0.1, 0.15) is 29.5 Å². The Morgan fingerprint density at radius 2 is 1.68 bits per heavy atom. The summed E-state index contributed by atoms with van der Waals surface area (Å²) in [6.07, 6.45) is 2.40. The molecule has 0 saturated carbocycles. The van der Waals surface area contributed by atoms with Crippen molar-refractivity contribution in [1.29, 1.82) is 0 Å². The van der Waals surface area contributed by atoms with Crippen LogP contribution >= 0.6 is 0 Å². The lowest BCUT2D eigenvalue weighted by molar-refractivity contribution is 0.466. The SMILES string of the molecule is Cc1ccc(S(=O)(=O)N(C)Cc2ccccc2N2CCCC2)cc1C. The average Bonchev–Trinajstić information content (AvgIpc) is 3.12. The Morgan fingerprint density at radius 1 is 1.00 bits per heavy atom. The smallest absolute Gasteiger partial charge is 0.243 e. The van der Waals surface area contributed by atoms with Crippen LogP contribution in [0.15, 0.2) is 47.4 Å². The number of sulfonamides is 1. The van der Waals surface area contributed by atoms with Crippen LogP contribution in [0.4, 0.5) is 5.69 Å². The van der Waals surface area contributed by atoms with Crippen molar-refractivity contribution in [2.75, 3.05) is 25.0 Å². The monoisotopic (exact) mass is 358 g/mol. The predicted molar refractivity (Wildman–Crippen MR) is 102 cm³/mol. The van der Waals surface area contributed by atoms with Crippen molar-refractivity contribution in [1.82, 2.24) is 4.31 Å². The van der Waals surface area contributed by atoms with Gasteiger partial charge in [0.15, 0.2) is 0 Å². The summed E-state index contributed by atoms with van der Waals surface area (Å²) in [4.78, 5) is 2.71. The number of benzene rings is 2. The van der Waals surface area contributed by atoms with E-state index in [9.17, 15) is 8.42 Å². The van der Waals surface area contributed by atoms with Gasteiger partial charge in [-0.25, -0.2) is 8.42 Å². The first kappa shape index (κ1) is 18.0. The lowest BCUT2D eigenvalue weighted by Gasteiger charge is -2.24. The van der Waals surface area contributed by atoms with Gasteiger partial charge >= 0.3 is 0 Å². The van der Waals surface area contributed by atoms with E-state index in [4.69, 9.17) is 0 Å². The highest BCUT2D eigenvalue weighted by Gasteiger charge is 2.23. The van der Waals surface area contributed by atoms with E-state index in [-0.39, 0.29) is 0 Å². The minimum Gasteiger partial charge on any atom is -0.371 e. The van der Waals surface area contributed by atoms with Crippen molar-refractivity contribution in [3.05, 3.63) is 59.2 Å². The molecular formula is C20H26N2O2S. The zero-order chi connectivity index (χ0) is 18.0. The molecule has 0 N–H and O–H groups in total. The summed E-state index contributed by atoms with van der Waals surface area (Å²) in [5.74, 6) is 0. The van der Waals surface area contributed by atoms with E-state index in [1.54, 1.807) is 19.2 Å². The van der Waals surface area contributed by atoms with Crippen LogP contribution in [0.25, 0.3) is 0 Å². The maximum atomic E-state index is 12.9. The largest absolute Gasteiger partial charge is 0.371 e. The number of anilines is 1. The van der Waals surface area contributed by atoms with Gasteiger partial charge in [0.05, 0.1) is 4.90 Å². The Balaban J connectivity index is 1.86. The van der Waals surface area contributed by atoms with E-state index in [2.05, 4.69) is 11.0 Å². The maximum Gasteiger partial charge on any atom is 0.243 e. The fourth-order valence-corrected chi connectivity index (χ4v) is 4.52. The average molecular weight is 359 g/mol. The first-order chi connectivity index (χ1) is 11.9. The number of nitrogens with zero attached hydrogens (tertiary/aromatic N) is 2. The van der Waals surface area contributed by atoms with Gasteiger partial charge in [-0.1, -0.05) is 24.3 Å². The fraction of sp³-hybridized carbons (Fsp3) is 0.400. The van der Waals surface area contributed by atoms with Gasteiger partial charge in [-0.05, 0) is 61.6 Å². The van der Waals surface area contributed by atoms with Crippen molar-refractivity contribution in [2.24, 2.45) is 0 Å². The molecule has 1 aliphatic rings. The molecular weight excluding hydrogens is 332 g/mol. The molecule has 0 radical (unpaired) electrons. The van der Waals surface area contributed by atoms with Gasteiger partial charge in [0.2, 0.25) is 10.0 Å². The molecule has 5 heteroatoms. The molecule has 1 heterocycles. The Kier molecular flexibility index (Phi) is 5.16. The molecule has 25 heavy (non-hydrogen) atoms. The lowest BCUT2D eigenvalue weighted by atomic mass is 10.1. The number of rotatable bonds is 5. The third-order valence-corrected chi connectivity index (χ3v) is 6.82. The third kappa shape index (κ3) is 3.72. The first-order valence-electron chi connectivity index (χ1n) is 8.76. The van der Waals surface area contributed by atoms with Crippen LogP contribution in [0.2, 0.25) is 0 Å². The van der Waals surface area contributed by atoms with E-state index < -0.39 is 10.0 Å². The van der Waals surface area contributed by atoms with Crippen LogP contribution in [-0.2, 0) is 16.6 Å². The second-order valence-electron chi connectivity index (χ2n) is 6.83. The summed E-state index contributed by atoms with van der Waals surface area (Å²) in [5, 5.41) is 0. The summed E-state index contributed by atoms with van der Waals surface area (Å²) in [7, 11) is -1.84. The normalized spacial score (nSPS) is 15.1. The van der Waals surface area contributed by atoms with Crippen molar-refractivity contribution < 1.29 is 8.42 Å². The zero-order valence-electron chi connectivity index (χ0n) is 15.2. The third-order valence-electron chi connectivity index (χ3n) is 5.02. The molecule has 0 unspecified atom stereocenters. The van der Waals surface area contributed by atoms with Gasteiger partial charge in [0, 0.05) is 32.4 Å². The van der Waals surface area contributed by atoms with Crippen molar-refractivity contribution in [2.45, 2.75) is 38.1 Å². The van der Waals surface area contributed by atoms with Gasteiger partial charge in [-0.15, -0.1) is 0 Å². The van der Waals surface area contributed by atoms with Crippen LogP contribution in [0.3, 0.4) is 0 Å². The van der Waals surface area contributed by atoms with E-state index in [1.165, 1.54) is 17.1 Å².